The molecule has 2 aromatic rings. The van der Waals surface area contributed by atoms with Crippen LogP contribution in [0.1, 0.15) is 19.8 Å². The van der Waals surface area contributed by atoms with Crippen molar-refractivity contribution in [1.82, 2.24) is 4.72 Å². The van der Waals surface area contributed by atoms with E-state index in [1.54, 1.807) is 36.4 Å². The van der Waals surface area contributed by atoms with Gasteiger partial charge in [-0.2, -0.15) is 0 Å². The second kappa shape index (κ2) is 7.13. The summed E-state index contributed by atoms with van der Waals surface area (Å²) in [5.41, 5.74) is 7.93. The second-order valence-electron chi connectivity index (χ2n) is 5.01. The number of hydrogen-bond acceptors (Lipinski definition) is 3. The topological polar surface area (TPSA) is 72.2 Å². The Balaban J connectivity index is 2.23. The number of nitrogen functional groups attached to an aromatic ring is 1. The van der Waals surface area contributed by atoms with E-state index in [9.17, 15) is 8.42 Å². The van der Waals surface area contributed by atoms with Gasteiger partial charge in [0.15, 0.2) is 0 Å². The molecular weight excluding hydrogens is 320 g/mol. The molecule has 0 aliphatic carbocycles. The molecule has 118 valence electrons. The molecule has 0 aliphatic heterocycles. The highest BCUT2D eigenvalue weighted by atomic mass is 35.5. The Bertz CT molecular complexity index is 743. The Morgan fingerprint density at radius 2 is 1.82 bits per heavy atom. The molecule has 0 amide bonds. The fourth-order valence-corrected chi connectivity index (χ4v) is 3.42. The lowest BCUT2D eigenvalue weighted by Crippen LogP contribution is -2.24. The van der Waals surface area contributed by atoms with Crippen molar-refractivity contribution in [2.45, 2.75) is 24.7 Å². The predicted octanol–water partition coefficient (Wildman–Crippen LogP) is 3.67. The summed E-state index contributed by atoms with van der Waals surface area (Å²) >= 11 is 6.17. The third-order valence-corrected chi connectivity index (χ3v) is 5.08. The average Bonchev–Trinajstić information content (AvgIpc) is 2.47. The molecule has 0 saturated carbocycles. The van der Waals surface area contributed by atoms with E-state index in [0.717, 1.165) is 24.0 Å². The van der Waals surface area contributed by atoms with Crippen molar-refractivity contribution in [3.8, 4) is 11.1 Å². The van der Waals surface area contributed by atoms with E-state index in [0.29, 0.717) is 17.3 Å². The highest BCUT2D eigenvalue weighted by Gasteiger charge is 2.13. The van der Waals surface area contributed by atoms with Gasteiger partial charge >= 0.3 is 0 Å². The average molecular weight is 339 g/mol. The van der Waals surface area contributed by atoms with Gasteiger partial charge in [-0.25, -0.2) is 13.1 Å². The molecule has 22 heavy (non-hydrogen) atoms. The monoisotopic (exact) mass is 338 g/mol. The Kier molecular flexibility index (Phi) is 5.45. The molecule has 6 heteroatoms. The van der Waals surface area contributed by atoms with Crippen LogP contribution < -0.4 is 10.5 Å². The maximum absolute atomic E-state index is 12.1. The molecule has 0 aliphatic rings. The molecule has 0 heterocycles. The van der Waals surface area contributed by atoms with Crippen LogP contribution in [0.3, 0.4) is 0 Å². The molecule has 0 bridgehead atoms. The van der Waals surface area contributed by atoms with Gasteiger partial charge in [0.05, 0.1) is 9.92 Å². The lowest BCUT2D eigenvalue weighted by molar-refractivity contribution is 0.578. The number of anilines is 1. The standard InChI is InChI=1S/C16H19ClN2O2S/c1-2-3-10-19-22(20,21)14-7-4-12(5-8-14)15-9-6-13(18)11-16(15)17/h4-9,11,19H,2-3,10,18H2,1H3. The maximum atomic E-state index is 12.1. The molecule has 0 saturated heterocycles. The number of benzene rings is 2. The number of hydrogen-bond donors (Lipinski definition) is 2. The summed E-state index contributed by atoms with van der Waals surface area (Å²) in [6.07, 6.45) is 1.76. The minimum Gasteiger partial charge on any atom is -0.399 e. The lowest BCUT2D eigenvalue weighted by Gasteiger charge is -2.09. The van der Waals surface area contributed by atoms with Crippen molar-refractivity contribution in [3.05, 3.63) is 47.5 Å². The van der Waals surface area contributed by atoms with E-state index in [1.165, 1.54) is 0 Å². The van der Waals surface area contributed by atoms with Crippen molar-refractivity contribution >= 4 is 27.3 Å². The van der Waals surface area contributed by atoms with E-state index in [-0.39, 0.29) is 4.90 Å². The third kappa shape index (κ3) is 4.00. The minimum absolute atomic E-state index is 0.249. The van der Waals surface area contributed by atoms with Crippen LogP contribution in [0.15, 0.2) is 47.4 Å². The quantitative estimate of drug-likeness (QED) is 0.623. The highest BCUT2D eigenvalue weighted by molar-refractivity contribution is 7.89. The zero-order valence-corrected chi connectivity index (χ0v) is 13.9. The number of nitrogens with one attached hydrogen (secondary N) is 1. The van der Waals surface area contributed by atoms with Gasteiger partial charge in [0.25, 0.3) is 0 Å². The van der Waals surface area contributed by atoms with Gasteiger partial charge < -0.3 is 5.73 Å². The smallest absolute Gasteiger partial charge is 0.240 e. The molecule has 4 nitrogen and oxygen atoms in total. The van der Waals surface area contributed by atoms with Gasteiger partial charge in [-0.15, -0.1) is 0 Å². The SMILES string of the molecule is CCCCNS(=O)(=O)c1ccc(-c2ccc(N)cc2Cl)cc1. The molecule has 0 atom stereocenters. The third-order valence-electron chi connectivity index (χ3n) is 3.29. The van der Waals surface area contributed by atoms with Crippen molar-refractivity contribution in [2.75, 3.05) is 12.3 Å². The van der Waals surface area contributed by atoms with Gasteiger partial charge in [0.2, 0.25) is 10.0 Å². The Morgan fingerprint density at radius 1 is 1.14 bits per heavy atom. The fraction of sp³-hybridized carbons (Fsp3) is 0.250. The first-order valence-corrected chi connectivity index (χ1v) is 8.95. The normalized spacial score (nSPS) is 11.5. The number of halogens is 1. The van der Waals surface area contributed by atoms with Crippen molar-refractivity contribution in [2.24, 2.45) is 0 Å². The van der Waals surface area contributed by atoms with Gasteiger partial charge in [0, 0.05) is 17.8 Å². The number of sulfonamides is 1. The predicted molar refractivity (Wildman–Crippen MR) is 91.4 cm³/mol. The summed E-state index contributed by atoms with van der Waals surface area (Å²) < 4.78 is 26.8. The van der Waals surface area contributed by atoms with Gasteiger partial charge in [-0.3, -0.25) is 0 Å². The Morgan fingerprint density at radius 3 is 2.41 bits per heavy atom. The summed E-state index contributed by atoms with van der Waals surface area (Å²) in [7, 11) is -3.45. The lowest BCUT2D eigenvalue weighted by atomic mass is 10.1. The number of unbranched alkanes of at least 4 members (excludes halogenated alkanes) is 1. The summed E-state index contributed by atoms with van der Waals surface area (Å²) in [5.74, 6) is 0. The van der Waals surface area contributed by atoms with Crippen LogP contribution in [0.25, 0.3) is 11.1 Å². The summed E-state index contributed by atoms with van der Waals surface area (Å²) in [6.45, 7) is 2.46. The maximum Gasteiger partial charge on any atom is 0.240 e. The first-order valence-electron chi connectivity index (χ1n) is 7.09. The first kappa shape index (κ1) is 16.8. The minimum atomic E-state index is -3.45. The zero-order chi connectivity index (χ0) is 16.2. The summed E-state index contributed by atoms with van der Waals surface area (Å²) in [4.78, 5) is 0.249. The Labute approximate surface area is 136 Å². The molecular formula is C16H19ClN2O2S. The van der Waals surface area contributed by atoms with Crippen LogP contribution in [0, 0.1) is 0 Å². The van der Waals surface area contributed by atoms with Gasteiger partial charge in [-0.05, 0) is 36.2 Å². The van der Waals surface area contributed by atoms with Gasteiger partial charge in [-0.1, -0.05) is 43.1 Å². The highest BCUT2D eigenvalue weighted by Crippen LogP contribution is 2.30. The molecule has 0 unspecified atom stereocenters. The van der Waals surface area contributed by atoms with E-state index in [2.05, 4.69) is 4.72 Å². The molecule has 0 radical (unpaired) electrons. The van der Waals surface area contributed by atoms with Crippen LogP contribution >= 0.6 is 11.6 Å². The molecule has 2 aromatic carbocycles. The Hall–Kier alpha value is -1.56. The fourth-order valence-electron chi connectivity index (χ4n) is 2.05. The van der Waals surface area contributed by atoms with Gasteiger partial charge in [0.1, 0.15) is 0 Å². The number of nitrogens with two attached hydrogens (primary N) is 1. The largest absolute Gasteiger partial charge is 0.399 e. The van der Waals surface area contributed by atoms with E-state index >= 15 is 0 Å². The van der Waals surface area contributed by atoms with Crippen LogP contribution in [0.4, 0.5) is 5.69 Å². The summed E-state index contributed by atoms with van der Waals surface area (Å²) in [6, 6.07) is 11.9. The van der Waals surface area contributed by atoms with E-state index in [1.807, 2.05) is 13.0 Å². The van der Waals surface area contributed by atoms with Crippen LogP contribution in [0.2, 0.25) is 5.02 Å². The van der Waals surface area contributed by atoms with Crippen molar-refractivity contribution < 1.29 is 8.42 Å². The van der Waals surface area contributed by atoms with E-state index in [4.69, 9.17) is 17.3 Å². The molecule has 0 aromatic heterocycles. The molecule has 2 rings (SSSR count). The van der Waals surface area contributed by atoms with Crippen LogP contribution in [0.5, 0.6) is 0 Å². The van der Waals surface area contributed by atoms with E-state index < -0.39 is 10.0 Å². The van der Waals surface area contributed by atoms with Crippen LogP contribution in [-0.4, -0.2) is 15.0 Å². The summed E-state index contributed by atoms with van der Waals surface area (Å²) in [5, 5.41) is 0.539. The van der Waals surface area contributed by atoms with Crippen LogP contribution in [-0.2, 0) is 10.0 Å². The molecule has 3 N–H and O–H groups in total. The van der Waals surface area contributed by atoms with Crippen molar-refractivity contribution in [1.29, 1.82) is 0 Å². The van der Waals surface area contributed by atoms with Crippen molar-refractivity contribution in [3.63, 3.8) is 0 Å². The second-order valence-corrected chi connectivity index (χ2v) is 7.19. The molecule has 0 spiro atoms. The zero-order valence-electron chi connectivity index (χ0n) is 12.3. The number of rotatable bonds is 6. The molecule has 0 fully saturated rings. The first-order chi connectivity index (χ1) is 10.4.